The van der Waals surface area contributed by atoms with Gasteiger partial charge in [0.1, 0.15) is 12.7 Å². The van der Waals surface area contributed by atoms with E-state index >= 15 is 0 Å². The van der Waals surface area contributed by atoms with Crippen LogP contribution in [0.5, 0.6) is 0 Å². The van der Waals surface area contributed by atoms with E-state index in [9.17, 15) is 5.11 Å². The number of rotatable bonds is 6. The molecule has 0 bridgehead atoms. The molecule has 0 unspecified atom stereocenters. The lowest BCUT2D eigenvalue weighted by molar-refractivity contribution is 0.120. The van der Waals surface area contributed by atoms with Crippen molar-refractivity contribution in [3.8, 4) is 0 Å². The van der Waals surface area contributed by atoms with Gasteiger partial charge in [-0.25, -0.2) is 14.7 Å². The van der Waals surface area contributed by atoms with Gasteiger partial charge in [0, 0.05) is 12.6 Å². The molecule has 3 N–H and O–H groups in total. The Morgan fingerprint density at radius 1 is 1.26 bits per heavy atom. The van der Waals surface area contributed by atoms with Crippen molar-refractivity contribution < 1.29 is 5.11 Å². The summed E-state index contributed by atoms with van der Waals surface area (Å²) in [6.45, 7) is 4.23. The molecule has 0 spiro atoms. The van der Waals surface area contributed by atoms with Gasteiger partial charge < -0.3 is 15.7 Å². The summed E-state index contributed by atoms with van der Waals surface area (Å²) in [5.74, 6) is 0.843. The van der Waals surface area contributed by atoms with Gasteiger partial charge in [-0.05, 0) is 43.7 Å². The van der Waals surface area contributed by atoms with Crippen molar-refractivity contribution in [2.45, 2.75) is 57.8 Å². The molecule has 1 aliphatic carbocycles. The second-order valence-electron chi connectivity index (χ2n) is 6.76. The van der Waals surface area contributed by atoms with E-state index in [0.29, 0.717) is 19.1 Å². The molecule has 1 aliphatic rings. The number of nitrogens with one attached hydrogen (secondary N) is 2. The molecule has 8 heteroatoms. The summed E-state index contributed by atoms with van der Waals surface area (Å²) in [6, 6.07) is 8.78. The number of aromatic nitrogens is 3. The van der Waals surface area contributed by atoms with Crippen LogP contribution in [0.4, 0.5) is 0 Å². The fourth-order valence-electron chi connectivity index (χ4n) is 3.23. The number of benzene rings is 1. The predicted molar refractivity (Wildman–Crippen MR) is 117 cm³/mol. The van der Waals surface area contributed by atoms with Gasteiger partial charge in [0.05, 0.1) is 19.2 Å². The van der Waals surface area contributed by atoms with Gasteiger partial charge in [-0.1, -0.05) is 24.3 Å². The Labute approximate surface area is 177 Å². The molecule has 1 aromatic carbocycles. The van der Waals surface area contributed by atoms with Gasteiger partial charge in [-0.2, -0.15) is 5.10 Å². The smallest absolute Gasteiger partial charge is 0.191 e. The van der Waals surface area contributed by atoms with Gasteiger partial charge in [-0.15, -0.1) is 24.0 Å². The van der Waals surface area contributed by atoms with Gasteiger partial charge in [0.25, 0.3) is 0 Å². The second kappa shape index (κ2) is 11.2. The number of aliphatic hydroxyl groups excluding tert-OH is 1. The Hall–Kier alpha value is -1.68. The molecule has 3 rings (SSSR count). The maximum absolute atomic E-state index is 9.65. The van der Waals surface area contributed by atoms with E-state index in [1.807, 2.05) is 4.68 Å². The maximum atomic E-state index is 9.65. The van der Waals surface area contributed by atoms with Crippen LogP contribution in [0.25, 0.3) is 0 Å². The zero-order valence-electron chi connectivity index (χ0n) is 15.7. The summed E-state index contributed by atoms with van der Waals surface area (Å²) in [5, 5.41) is 20.6. The molecule has 1 heterocycles. The minimum absolute atomic E-state index is 0. The summed E-state index contributed by atoms with van der Waals surface area (Å²) >= 11 is 0. The van der Waals surface area contributed by atoms with Crippen molar-refractivity contribution in [2.24, 2.45) is 4.99 Å². The van der Waals surface area contributed by atoms with Crippen LogP contribution in [0.1, 0.15) is 43.7 Å². The fraction of sp³-hybridized carbons (Fsp3) is 0.526. The number of guanidine groups is 1. The quantitative estimate of drug-likeness (QED) is 0.333. The number of hydrogen-bond acceptors (Lipinski definition) is 4. The first kappa shape index (κ1) is 21.6. The summed E-state index contributed by atoms with van der Waals surface area (Å²) in [7, 11) is 0. The Morgan fingerprint density at radius 2 is 2.04 bits per heavy atom. The normalized spacial score (nSPS) is 20.0. The maximum Gasteiger partial charge on any atom is 0.191 e. The summed E-state index contributed by atoms with van der Waals surface area (Å²) in [6.07, 6.45) is 6.83. The summed E-state index contributed by atoms with van der Waals surface area (Å²) < 4.78 is 1.81. The van der Waals surface area contributed by atoms with E-state index in [4.69, 9.17) is 4.99 Å². The monoisotopic (exact) mass is 484 g/mol. The molecule has 1 aromatic heterocycles. The molecular formula is C19H29IN6O. The molecule has 2 aromatic rings. The lowest BCUT2D eigenvalue weighted by atomic mass is 9.93. The molecule has 1 saturated carbocycles. The third-order valence-corrected chi connectivity index (χ3v) is 4.60. The van der Waals surface area contributed by atoms with Crippen LogP contribution in [0.3, 0.4) is 0 Å². The first-order valence-corrected chi connectivity index (χ1v) is 9.36. The first-order valence-electron chi connectivity index (χ1n) is 9.36. The number of hydrogen-bond donors (Lipinski definition) is 3. The molecule has 1 fully saturated rings. The molecular weight excluding hydrogens is 455 g/mol. The molecule has 7 nitrogen and oxygen atoms in total. The van der Waals surface area contributed by atoms with Gasteiger partial charge >= 0.3 is 0 Å². The Kier molecular flexibility index (Phi) is 8.99. The number of aliphatic imine (C=N–C) groups is 1. The molecule has 27 heavy (non-hydrogen) atoms. The third-order valence-electron chi connectivity index (χ3n) is 4.60. The molecule has 0 atom stereocenters. The van der Waals surface area contributed by atoms with Crippen molar-refractivity contribution in [2.75, 3.05) is 6.54 Å². The standard InChI is InChI=1S/C19H28N6O.HI/c1-2-21-19(24-17-6-8-18(26)9-7-17)22-11-15-4-3-5-16(10-15)12-25-14-20-13-23-25;/h3-5,10,13-14,17-18,26H,2,6-9,11-12H2,1H3,(H2,21,22,24);1H. The topological polar surface area (TPSA) is 87.4 Å². The molecule has 0 amide bonds. The van der Waals surface area contributed by atoms with E-state index in [1.54, 1.807) is 12.7 Å². The first-order chi connectivity index (χ1) is 12.7. The Balaban J connectivity index is 0.00000261. The van der Waals surface area contributed by atoms with E-state index in [0.717, 1.165) is 38.2 Å². The van der Waals surface area contributed by atoms with E-state index in [2.05, 4.69) is 51.9 Å². The molecule has 0 saturated heterocycles. The zero-order valence-corrected chi connectivity index (χ0v) is 18.0. The van der Waals surface area contributed by atoms with Crippen LogP contribution in [-0.2, 0) is 13.1 Å². The minimum atomic E-state index is -0.139. The van der Waals surface area contributed by atoms with Crippen molar-refractivity contribution in [3.05, 3.63) is 48.0 Å². The van der Waals surface area contributed by atoms with Gasteiger partial charge in [0.15, 0.2) is 5.96 Å². The van der Waals surface area contributed by atoms with E-state index in [1.165, 1.54) is 11.1 Å². The molecule has 0 aliphatic heterocycles. The minimum Gasteiger partial charge on any atom is -0.393 e. The molecule has 148 valence electrons. The second-order valence-corrected chi connectivity index (χ2v) is 6.76. The Morgan fingerprint density at radius 3 is 2.74 bits per heavy atom. The fourth-order valence-corrected chi connectivity index (χ4v) is 3.23. The third kappa shape index (κ3) is 7.10. The SMILES string of the molecule is CCNC(=NCc1cccc(Cn2cncn2)c1)NC1CCC(O)CC1.I. The van der Waals surface area contributed by atoms with Crippen molar-refractivity contribution in [1.82, 2.24) is 25.4 Å². The molecule has 0 radical (unpaired) electrons. The van der Waals surface area contributed by atoms with Crippen molar-refractivity contribution in [3.63, 3.8) is 0 Å². The number of aliphatic hydroxyl groups is 1. The average molecular weight is 484 g/mol. The highest BCUT2D eigenvalue weighted by Crippen LogP contribution is 2.18. The zero-order chi connectivity index (χ0) is 18.2. The lowest BCUT2D eigenvalue weighted by Crippen LogP contribution is -2.45. The van der Waals surface area contributed by atoms with Crippen LogP contribution in [-0.4, -0.2) is 44.5 Å². The number of nitrogens with zero attached hydrogens (tertiary/aromatic N) is 4. The van der Waals surface area contributed by atoms with Crippen molar-refractivity contribution in [1.29, 1.82) is 0 Å². The van der Waals surface area contributed by atoms with E-state index in [-0.39, 0.29) is 30.1 Å². The lowest BCUT2D eigenvalue weighted by Gasteiger charge is -2.27. The van der Waals surface area contributed by atoms with Crippen LogP contribution < -0.4 is 10.6 Å². The average Bonchev–Trinajstić information content (AvgIpc) is 3.15. The van der Waals surface area contributed by atoms with Gasteiger partial charge in [0.2, 0.25) is 0 Å². The summed E-state index contributed by atoms with van der Waals surface area (Å²) in [4.78, 5) is 8.71. The number of halogens is 1. The van der Waals surface area contributed by atoms with Crippen LogP contribution in [0.15, 0.2) is 41.9 Å². The van der Waals surface area contributed by atoms with E-state index < -0.39 is 0 Å². The van der Waals surface area contributed by atoms with Crippen LogP contribution in [0.2, 0.25) is 0 Å². The highest BCUT2D eigenvalue weighted by atomic mass is 127. The highest BCUT2D eigenvalue weighted by Gasteiger charge is 2.19. The van der Waals surface area contributed by atoms with Crippen LogP contribution in [0, 0.1) is 0 Å². The van der Waals surface area contributed by atoms with Gasteiger partial charge in [-0.3, -0.25) is 0 Å². The predicted octanol–water partition coefficient (Wildman–Crippen LogP) is 2.30. The van der Waals surface area contributed by atoms with Crippen molar-refractivity contribution >= 4 is 29.9 Å². The van der Waals surface area contributed by atoms with Crippen LogP contribution >= 0.6 is 24.0 Å². The summed E-state index contributed by atoms with van der Waals surface area (Å²) in [5.41, 5.74) is 2.35. The Bertz CT molecular complexity index is 698. The highest BCUT2D eigenvalue weighted by molar-refractivity contribution is 14.0. The largest absolute Gasteiger partial charge is 0.393 e.